The van der Waals surface area contributed by atoms with E-state index in [1.54, 1.807) is 23.5 Å². The van der Waals surface area contributed by atoms with Crippen LogP contribution in [-0.4, -0.2) is 86.9 Å². The van der Waals surface area contributed by atoms with E-state index in [1.165, 1.54) is 44.1 Å². The molecule has 2 heterocycles. The maximum absolute atomic E-state index is 13.5. The van der Waals surface area contributed by atoms with Crippen LogP contribution >= 0.6 is 23.5 Å². The van der Waals surface area contributed by atoms with Gasteiger partial charge in [0, 0.05) is 44.8 Å². The molecule has 38 heavy (non-hydrogen) atoms. The van der Waals surface area contributed by atoms with E-state index in [0.29, 0.717) is 24.4 Å². The maximum Gasteiger partial charge on any atom is 0.323 e. The molecule has 2 aliphatic heterocycles. The summed E-state index contributed by atoms with van der Waals surface area (Å²) in [7, 11) is 0. The van der Waals surface area contributed by atoms with Gasteiger partial charge in [-0.3, -0.25) is 20.0 Å². The summed E-state index contributed by atoms with van der Waals surface area (Å²) in [6.07, 6.45) is 12.0. The molecule has 208 valence electrons. The van der Waals surface area contributed by atoms with Crippen molar-refractivity contribution in [1.29, 1.82) is 0 Å². The molecule has 9 heteroatoms. The highest BCUT2D eigenvalue weighted by Gasteiger charge is 2.34. The molecule has 1 aromatic carbocycles. The minimum absolute atomic E-state index is 0.0464. The summed E-state index contributed by atoms with van der Waals surface area (Å²) in [5.41, 5.74) is 1.32. The van der Waals surface area contributed by atoms with Crippen molar-refractivity contribution in [3.63, 3.8) is 0 Å². The zero-order valence-electron chi connectivity index (χ0n) is 22.6. The van der Waals surface area contributed by atoms with E-state index in [4.69, 9.17) is 0 Å². The molecule has 7 nitrogen and oxygen atoms in total. The number of amides is 3. The fourth-order valence-electron chi connectivity index (χ4n) is 6.27. The second-order valence-corrected chi connectivity index (χ2v) is 13.7. The van der Waals surface area contributed by atoms with Gasteiger partial charge >= 0.3 is 6.03 Å². The number of carbonyl (C=O) groups excluding carboxylic acids is 2. The number of piperazine rings is 1. The number of aliphatic imine (C=N–C) groups is 1. The molecular formula is C29H43N5O2S2. The van der Waals surface area contributed by atoms with Crippen LogP contribution in [0.25, 0.3) is 0 Å². The van der Waals surface area contributed by atoms with Gasteiger partial charge in [-0.2, -0.15) is 0 Å². The third-order valence-corrected chi connectivity index (χ3v) is 10.9. The number of hydrogen-bond acceptors (Lipinski definition) is 6. The van der Waals surface area contributed by atoms with Crippen LogP contribution < -0.4 is 5.32 Å². The summed E-state index contributed by atoms with van der Waals surface area (Å²) in [4.78, 5) is 37.6. The Hall–Kier alpha value is -1.71. The molecule has 2 saturated carbocycles. The van der Waals surface area contributed by atoms with E-state index in [0.717, 1.165) is 63.6 Å². The van der Waals surface area contributed by atoms with Gasteiger partial charge in [-0.05, 0) is 31.2 Å². The second kappa shape index (κ2) is 14.1. The van der Waals surface area contributed by atoms with Crippen molar-refractivity contribution >= 4 is 40.6 Å². The normalized spacial score (nSPS) is 23.7. The van der Waals surface area contributed by atoms with Crippen molar-refractivity contribution in [2.75, 3.05) is 38.5 Å². The molecule has 1 saturated heterocycles. The van der Waals surface area contributed by atoms with Gasteiger partial charge in [0.25, 0.3) is 0 Å². The lowest BCUT2D eigenvalue weighted by Crippen LogP contribution is -2.53. The number of amidine groups is 1. The first-order valence-electron chi connectivity index (χ1n) is 14.6. The van der Waals surface area contributed by atoms with Crippen molar-refractivity contribution < 1.29 is 9.59 Å². The summed E-state index contributed by atoms with van der Waals surface area (Å²) in [6.45, 7) is 5.01. The number of rotatable bonds is 7. The van der Waals surface area contributed by atoms with Crippen LogP contribution in [0.1, 0.15) is 69.8 Å². The molecule has 3 fully saturated rings. The average Bonchev–Trinajstić information content (AvgIpc) is 3.41. The zero-order chi connectivity index (χ0) is 26.2. The molecule has 2 aliphatic carbocycles. The van der Waals surface area contributed by atoms with Gasteiger partial charge in [-0.15, -0.1) is 11.8 Å². The zero-order valence-corrected chi connectivity index (χ0v) is 24.2. The lowest BCUT2D eigenvalue weighted by molar-refractivity contribution is -0.130. The number of carbonyl (C=O) groups is 2. The molecule has 1 N–H and O–H groups in total. The molecule has 0 radical (unpaired) electrons. The van der Waals surface area contributed by atoms with Crippen molar-refractivity contribution in [1.82, 2.24) is 20.0 Å². The van der Waals surface area contributed by atoms with Gasteiger partial charge in [0.2, 0.25) is 5.91 Å². The Morgan fingerprint density at radius 3 is 2.18 bits per heavy atom. The second-order valence-electron chi connectivity index (χ2n) is 11.1. The molecule has 5 rings (SSSR count). The van der Waals surface area contributed by atoms with Crippen LogP contribution in [-0.2, 0) is 11.3 Å². The van der Waals surface area contributed by atoms with Crippen LogP contribution in [0.3, 0.4) is 0 Å². The minimum Gasteiger partial charge on any atom is -0.339 e. The lowest BCUT2D eigenvalue weighted by Gasteiger charge is -2.41. The van der Waals surface area contributed by atoms with Gasteiger partial charge in [-0.25, -0.2) is 4.79 Å². The molecular weight excluding hydrogens is 514 g/mol. The van der Waals surface area contributed by atoms with E-state index >= 15 is 0 Å². The third-order valence-electron chi connectivity index (χ3n) is 8.38. The number of hydrogen-bond donors (Lipinski definition) is 1. The Balaban J connectivity index is 1.04. The predicted octanol–water partition coefficient (Wildman–Crippen LogP) is 5.17. The molecule has 0 spiro atoms. The van der Waals surface area contributed by atoms with Crippen molar-refractivity contribution in [3.8, 4) is 0 Å². The Kier molecular flexibility index (Phi) is 10.3. The Labute approximate surface area is 236 Å². The van der Waals surface area contributed by atoms with E-state index in [2.05, 4.69) is 44.4 Å². The topological polar surface area (TPSA) is 68.2 Å². The summed E-state index contributed by atoms with van der Waals surface area (Å²) in [6, 6.07) is 11.3. The first-order chi connectivity index (χ1) is 18.7. The van der Waals surface area contributed by atoms with Gasteiger partial charge in [0.15, 0.2) is 5.17 Å². The lowest BCUT2D eigenvalue weighted by atomic mass is 9.89. The highest BCUT2D eigenvalue weighted by molar-refractivity contribution is 8.25. The summed E-state index contributed by atoms with van der Waals surface area (Å²) in [5, 5.41) is 3.89. The Morgan fingerprint density at radius 1 is 0.921 bits per heavy atom. The highest BCUT2D eigenvalue weighted by atomic mass is 32.2. The predicted molar refractivity (Wildman–Crippen MR) is 159 cm³/mol. The monoisotopic (exact) mass is 557 g/mol. The maximum atomic E-state index is 13.5. The number of nitrogens with zero attached hydrogens (tertiary/aromatic N) is 4. The number of thioether (sulfide) groups is 2. The van der Waals surface area contributed by atoms with Crippen molar-refractivity contribution in [3.05, 3.63) is 35.9 Å². The first-order valence-corrected chi connectivity index (χ1v) is 16.5. The van der Waals surface area contributed by atoms with Gasteiger partial charge in [0.05, 0.1) is 16.9 Å². The van der Waals surface area contributed by atoms with Crippen LogP contribution in [0.5, 0.6) is 0 Å². The molecule has 1 unspecified atom stereocenters. The SMILES string of the molecule is O=C(CSC1CN=C(NC(=O)N(C2CCCCC2)C2CCCCC2)S1)N1CCN(Cc2ccccc2)CC1. The Bertz CT molecular complexity index is 924. The smallest absolute Gasteiger partial charge is 0.323 e. The molecule has 1 aromatic rings. The first kappa shape index (κ1) is 27.8. The Morgan fingerprint density at radius 2 is 1.55 bits per heavy atom. The highest BCUT2D eigenvalue weighted by Crippen LogP contribution is 2.32. The average molecular weight is 558 g/mol. The standard InChI is InChI=1S/C29H43N5O2S2/c35-26(33-18-16-32(17-19-33)21-23-10-4-1-5-11-23)22-37-27-20-30-28(38-27)31-29(36)34(24-12-6-2-7-13-24)25-14-8-3-9-15-25/h1,4-5,10-11,24-25,27H,2-3,6-9,12-22H2,(H,30,31,36). The summed E-state index contributed by atoms with van der Waals surface area (Å²) >= 11 is 3.28. The van der Waals surface area contributed by atoms with Gasteiger partial charge in [-0.1, -0.05) is 80.6 Å². The van der Waals surface area contributed by atoms with E-state index in [1.807, 2.05) is 11.0 Å². The van der Waals surface area contributed by atoms with E-state index < -0.39 is 0 Å². The van der Waals surface area contributed by atoms with Crippen molar-refractivity contribution in [2.24, 2.45) is 4.99 Å². The molecule has 3 amide bonds. The summed E-state index contributed by atoms with van der Waals surface area (Å²) < 4.78 is 0.187. The van der Waals surface area contributed by atoms with Crippen LogP contribution in [0.4, 0.5) is 4.79 Å². The van der Waals surface area contributed by atoms with Crippen LogP contribution in [0.15, 0.2) is 35.3 Å². The molecule has 0 aromatic heterocycles. The fourth-order valence-corrected chi connectivity index (χ4v) is 8.40. The number of benzene rings is 1. The summed E-state index contributed by atoms with van der Waals surface area (Å²) in [5.74, 6) is 0.692. The van der Waals surface area contributed by atoms with E-state index in [9.17, 15) is 9.59 Å². The van der Waals surface area contributed by atoms with Gasteiger partial charge in [0.1, 0.15) is 0 Å². The quantitative estimate of drug-likeness (QED) is 0.501. The molecule has 4 aliphatic rings. The van der Waals surface area contributed by atoms with Crippen LogP contribution in [0, 0.1) is 0 Å². The minimum atomic E-state index is 0.0464. The van der Waals surface area contributed by atoms with Crippen molar-refractivity contribution in [2.45, 2.75) is 87.4 Å². The number of nitrogens with one attached hydrogen (secondary N) is 1. The van der Waals surface area contributed by atoms with Crippen LogP contribution in [0.2, 0.25) is 0 Å². The molecule has 0 bridgehead atoms. The number of urea groups is 1. The largest absolute Gasteiger partial charge is 0.339 e. The molecule has 1 atom stereocenters. The fraction of sp³-hybridized carbons (Fsp3) is 0.690. The third kappa shape index (κ3) is 7.69. The van der Waals surface area contributed by atoms with E-state index in [-0.39, 0.29) is 16.5 Å². The van der Waals surface area contributed by atoms with Gasteiger partial charge < -0.3 is 9.80 Å².